The maximum Gasteiger partial charge on any atom is 0.420 e. The lowest BCUT2D eigenvalue weighted by Gasteiger charge is -2.27. The molecule has 1 unspecified atom stereocenters. The molecule has 3 aromatic carbocycles. The summed E-state index contributed by atoms with van der Waals surface area (Å²) < 4.78 is 102. The Balaban J connectivity index is 1.26. The minimum atomic E-state index is -4.80. The van der Waals surface area contributed by atoms with Crippen LogP contribution in [0.2, 0.25) is 0 Å². The van der Waals surface area contributed by atoms with E-state index in [1.807, 2.05) is 10.7 Å². The smallest absolute Gasteiger partial charge is 0.420 e. The summed E-state index contributed by atoms with van der Waals surface area (Å²) in [5.74, 6) is -3.41. The van der Waals surface area contributed by atoms with Gasteiger partial charge in [-0.3, -0.25) is 4.79 Å². The number of benzene rings is 3. The molecule has 8 rings (SSSR count). The molecule has 17 nitrogen and oxygen atoms in total. The van der Waals surface area contributed by atoms with Crippen LogP contribution in [0.25, 0.3) is 11.0 Å². The summed E-state index contributed by atoms with van der Waals surface area (Å²) in [5.41, 5.74) is 0.664. The van der Waals surface area contributed by atoms with Crippen LogP contribution in [0.5, 0.6) is 23.0 Å². The summed E-state index contributed by atoms with van der Waals surface area (Å²) in [4.78, 5) is 29.6. The van der Waals surface area contributed by atoms with Crippen molar-refractivity contribution in [3.05, 3.63) is 71.4 Å². The maximum atomic E-state index is 15.3. The van der Waals surface area contributed by atoms with Gasteiger partial charge < -0.3 is 37.8 Å². The van der Waals surface area contributed by atoms with Crippen molar-refractivity contribution in [2.45, 2.75) is 94.4 Å². The molecule has 0 bridgehead atoms. The largest absolute Gasteiger partial charge is 0.497 e. The van der Waals surface area contributed by atoms with Crippen molar-refractivity contribution < 1.29 is 59.7 Å². The Hall–Kier alpha value is -6.15. The van der Waals surface area contributed by atoms with Gasteiger partial charge in [-0.1, -0.05) is 17.3 Å². The molecule has 65 heavy (non-hydrogen) atoms. The normalized spacial score (nSPS) is 17.5. The highest BCUT2D eigenvalue weighted by atomic mass is 32.2. The molecule has 0 radical (unpaired) electrons. The van der Waals surface area contributed by atoms with E-state index < -0.39 is 51.4 Å². The van der Waals surface area contributed by atoms with E-state index in [0.29, 0.717) is 17.9 Å². The van der Waals surface area contributed by atoms with Gasteiger partial charge in [-0.25, -0.2) is 35.9 Å². The predicted molar refractivity (Wildman–Crippen MR) is 233 cm³/mol. The second kappa shape index (κ2) is 17.7. The fraction of sp³-hybridized carbons (Fsp3) is 0.467. The van der Waals surface area contributed by atoms with Crippen molar-refractivity contribution in [1.29, 1.82) is 0 Å². The number of hydrogen-bond donors (Lipinski definition) is 0. The van der Waals surface area contributed by atoms with E-state index in [-0.39, 0.29) is 76.3 Å². The number of sulfonamides is 1. The Morgan fingerprint density at radius 1 is 0.908 bits per heavy atom. The molecule has 1 aliphatic carbocycles. The van der Waals surface area contributed by atoms with Crippen LogP contribution in [0.15, 0.2) is 64.0 Å². The summed E-state index contributed by atoms with van der Waals surface area (Å²) in [5, 5.41) is 9.44. The minimum Gasteiger partial charge on any atom is -0.497 e. The number of anilines is 3. The van der Waals surface area contributed by atoms with Gasteiger partial charge in [0, 0.05) is 48.9 Å². The number of hydrogen-bond acceptors (Lipinski definition) is 13. The monoisotopic (exact) mass is 922 g/mol. The average molecular weight is 923 g/mol. The molecule has 0 N–H and O–H groups in total. The second-order valence-corrected chi connectivity index (χ2v) is 19.0. The lowest BCUT2D eigenvalue weighted by atomic mass is 10.1. The van der Waals surface area contributed by atoms with E-state index in [4.69, 9.17) is 38.0 Å². The van der Waals surface area contributed by atoms with Crippen LogP contribution < -0.4 is 28.2 Å². The highest BCUT2D eigenvalue weighted by Crippen LogP contribution is 2.47. The molecule has 20 heteroatoms. The van der Waals surface area contributed by atoms with Crippen molar-refractivity contribution in [1.82, 2.24) is 19.8 Å². The lowest BCUT2D eigenvalue weighted by molar-refractivity contribution is -0.0410. The van der Waals surface area contributed by atoms with Gasteiger partial charge in [0.1, 0.15) is 28.6 Å². The summed E-state index contributed by atoms with van der Waals surface area (Å²) in [6.45, 7) is 4.55. The third-order valence-corrected chi connectivity index (χ3v) is 13.2. The first-order valence-electron chi connectivity index (χ1n) is 21.3. The van der Waals surface area contributed by atoms with Crippen molar-refractivity contribution in [3.8, 4) is 23.0 Å². The molecule has 2 aliphatic heterocycles. The summed E-state index contributed by atoms with van der Waals surface area (Å²) in [7, 11) is 0.542. The van der Waals surface area contributed by atoms with Gasteiger partial charge in [0.25, 0.3) is 21.9 Å². The third kappa shape index (κ3) is 9.23. The van der Waals surface area contributed by atoms with Crippen LogP contribution >= 0.6 is 0 Å². The number of methoxy groups -OCH3 is 4. The predicted octanol–water partition coefficient (Wildman–Crippen LogP) is 8.59. The van der Waals surface area contributed by atoms with Crippen LogP contribution in [-0.2, 0) is 26.0 Å². The Bertz CT molecular complexity index is 2660. The first kappa shape index (κ1) is 45.4. The number of halogens is 2. The first-order valence-corrected chi connectivity index (χ1v) is 22.7. The van der Waals surface area contributed by atoms with E-state index in [1.165, 1.54) is 57.6 Å². The molecule has 1 atom stereocenters. The van der Waals surface area contributed by atoms with E-state index in [1.54, 1.807) is 45.0 Å². The Labute approximate surface area is 375 Å². The molecule has 5 aromatic rings. The van der Waals surface area contributed by atoms with Gasteiger partial charge in [-0.05, 0) is 88.8 Å². The summed E-state index contributed by atoms with van der Waals surface area (Å²) in [6.07, 6.45) is 3.05. The van der Waals surface area contributed by atoms with Crippen molar-refractivity contribution >= 4 is 50.3 Å². The quantitative estimate of drug-likeness (QED) is 0.104. The highest BCUT2D eigenvalue weighted by molar-refractivity contribution is 7.93. The van der Waals surface area contributed by atoms with Crippen molar-refractivity contribution in [2.24, 2.45) is 0 Å². The van der Waals surface area contributed by atoms with Crippen LogP contribution in [-0.4, -0.2) is 99.9 Å². The van der Waals surface area contributed by atoms with E-state index in [9.17, 15) is 18.4 Å². The SMILES string of the molecule is COc1ccc(CN(c2noc3cc(N(C(=O)OC(C)(C)C)c4cc(C5CC5)n(C5CCCCO5)n4)c(OC)cc23)S(=O)(=O)c2c(OC)cc(C(=O)N3CCC(F)(F)C3)cc2OC)cc1. The third-order valence-electron chi connectivity index (χ3n) is 11.4. The number of nitrogens with zero attached hydrogens (tertiary/aromatic N) is 6. The number of fused-ring (bicyclic) bond motifs is 1. The number of alkyl halides is 2. The molecule has 2 saturated heterocycles. The molecule has 0 spiro atoms. The Kier molecular flexibility index (Phi) is 12.4. The molecule has 2 amide bonds. The fourth-order valence-corrected chi connectivity index (χ4v) is 9.74. The number of carbonyl (C=O) groups excluding carboxylic acids is 2. The van der Waals surface area contributed by atoms with Crippen LogP contribution in [0, 0.1) is 0 Å². The average Bonchev–Trinajstić information content (AvgIpc) is 3.74. The molecule has 348 valence electrons. The van der Waals surface area contributed by atoms with Crippen molar-refractivity contribution in [2.75, 3.05) is 57.3 Å². The van der Waals surface area contributed by atoms with Gasteiger partial charge in [0.15, 0.2) is 28.3 Å². The molecule has 3 fully saturated rings. The number of carbonyl (C=O) groups is 2. The molecule has 2 aromatic heterocycles. The number of aromatic nitrogens is 3. The second-order valence-electron chi connectivity index (χ2n) is 17.2. The highest BCUT2D eigenvalue weighted by Gasteiger charge is 2.42. The van der Waals surface area contributed by atoms with E-state index >= 15 is 8.42 Å². The zero-order chi connectivity index (χ0) is 46.4. The maximum absolute atomic E-state index is 15.3. The van der Waals surface area contributed by atoms with Gasteiger partial charge in [0.2, 0.25) is 0 Å². The van der Waals surface area contributed by atoms with E-state index in [0.717, 1.165) is 47.0 Å². The molecule has 1 saturated carbocycles. The number of rotatable bonds is 14. The topological polar surface area (TPSA) is 177 Å². The fourth-order valence-electron chi connectivity index (χ4n) is 8.05. The zero-order valence-corrected chi connectivity index (χ0v) is 38.1. The number of ether oxygens (including phenoxy) is 6. The van der Waals surface area contributed by atoms with Gasteiger partial charge in [-0.2, -0.15) is 5.10 Å². The number of amides is 2. The molecular formula is C45H52F2N6O11S. The first-order chi connectivity index (χ1) is 30.9. The van der Waals surface area contributed by atoms with Gasteiger partial charge in [0.05, 0.1) is 52.6 Å². The standard InChI is InChI=1S/C45H52F2N6O11S/c1-44(2,3)63-43(55)52(38-24-32(28-13-14-28)53(48-38)39-10-8-9-19-62-39)33-23-34-31(22-35(33)59-5)41(49-64-34)51(25-27-11-15-30(58-4)16-12-27)65(56,57)40-36(60-6)20-29(21-37(40)61-7)42(54)50-18-17-45(46,47)26-50/h11-12,15-16,20-24,28,39H,8-10,13-14,17-19,25-26H2,1-7H3. The molecule has 3 aliphatic rings. The summed E-state index contributed by atoms with van der Waals surface area (Å²) in [6, 6.07) is 13.9. The van der Waals surface area contributed by atoms with Gasteiger partial charge >= 0.3 is 6.09 Å². The lowest BCUT2D eigenvalue weighted by Crippen LogP contribution is -2.34. The minimum absolute atomic E-state index is 0.0686. The Morgan fingerprint density at radius 2 is 1.60 bits per heavy atom. The summed E-state index contributed by atoms with van der Waals surface area (Å²) >= 11 is 0. The van der Waals surface area contributed by atoms with Crippen LogP contribution in [0.1, 0.15) is 93.1 Å². The van der Waals surface area contributed by atoms with Crippen LogP contribution in [0.4, 0.5) is 30.9 Å². The molecular weight excluding hydrogens is 871 g/mol. The van der Waals surface area contributed by atoms with Gasteiger partial charge in [-0.15, -0.1) is 0 Å². The van der Waals surface area contributed by atoms with Crippen molar-refractivity contribution in [3.63, 3.8) is 0 Å². The zero-order valence-electron chi connectivity index (χ0n) is 37.3. The Morgan fingerprint density at radius 3 is 2.17 bits per heavy atom. The molecule has 4 heterocycles. The van der Waals surface area contributed by atoms with Crippen LogP contribution in [0.3, 0.4) is 0 Å². The number of likely N-dealkylation sites (tertiary alicyclic amines) is 1. The van der Waals surface area contributed by atoms with E-state index in [2.05, 4.69) is 5.16 Å².